The summed E-state index contributed by atoms with van der Waals surface area (Å²) in [5.41, 5.74) is 13.8. The van der Waals surface area contributed by atoms with Crippen molar-refractivity contribution in [2.24, 2.45) is 0 Å². The molecule has 0 radical (unpaired) electrons. The first-order valence-electron chi connectivity index (χ1n) is 17.8. The van der Waals surface area contributed by atoms with Crippen molar-refractivity contribution in [3.8, 4) is 22.3 Å². The number of fused-ring (bicyclic) bond motifs is 10. The topological polar surface area (TPSA) is 32.6 Å². The van der Waals surface area contributed by atoms with Crippen LogP contribution in [-0.4, -0.2) is 9.38 Å². The van der Waals surface area contributed by atoms with Crippen molar-refractivity contribution in [1.29, 1.82) is 0 Å². The summed E-state index contributed by atoms with van der Waals surface area (Å²) in [5, 5.41) is 9.82. The van der Waals surface area contributed by atoms with Crippen molar-refractivity contribution in [2.45, 2.75) is 6.17 Å². The summed E-state index contributed by atoms with van der Waals surface area (Å²) in [6, 6.07) is 65.7. The van der Waals surface area contributed by atoms with E-state index in [0.29, 0.717) is 0 Å². The zero-order chi connectivity index (χ0) is 34.2. The number of nitrogens with one attached hydrogen (secondary N) is 1. The van der Waals surface area contributed by atoms with Crippen molar-refractivity contribution < 1.29 is 0 Å². The number of para-hydroxylation sites is 6. The molecule has 0 aliphatic carbocycles. The van der Waals surface area contributed by atoms with Crippen LogP contribution in [0.4, 0.5) is 17.1 Å². The molecule has 244 valence electrons. The minimum Gasteiger partial charge on any atom is -0.359 e. The van der Waals surface area contributed by atoms with Crippen LogP contribution in [0.15, 0.2) is 182 Å². The van der Waals surface area contributed by atoms with Gasteiger partial charge in [0.2, 0.25) is 0 Å². The van der Waals surface area contributed by atoms with Crippen molar-refractivity contribution >= 4 is 66.2 Å². The summed E-state index contributed by atoms with van der Waals surface area (Å²) in [7, 11) is 0. The van der Waals surface area contributed by atoms with Crippen molar-refractivity contribution in [3.63, 3.8) is 0 Å². The first kappa shape index (κ1) is 28.9. The lowest BCUT2D eigenvalue weighted by molar-refractivity contribution is 0.828. The second kappa shape index (κ2) is 11.3. The third-order valence-electron chi connectivity index (χ3n) is 10.7. The average Bonchev–Trinajstić information content (AvgIpc) is 3.81. The van der Waals surface area contributed by atoms with Gasteiger partial charge in [0.1, 0.15) is 11.8 Å². The van der Waals surface area contributed by atoms with Gasteiger partial charge in [0, 0.05) is 16.5 Å². The number of benzene rings is 8. The highest BCUT2D eigenvalue weighted by atomic mass is 15.3. The molecular formula is C48H32N4. The highest BCUT2D eigenvalue weighted by molar-refractivity contribution is 6.14. The first-order valence-corrected chi connectivity index (χ1v) is 17.8. The molecule has 0 fully saturated rings. The maximum atomic E-state index is 5.13. The molecule has 1 aliphatic rings. The van der Waals surface area contributed by atoms with E-state index in [1.54, 1.807) is 0 Å². The Bertz CT molecular complexity index is 3000. The minimum absolute atomic E-state index is 0.0151. The van der Waals surface area contributed by atoms with Crippen molar-refractivity contribution in [1.82, 2.24) is 9.38 Å². The first-order chi connectivity index (χ1) is 25.8. The van der Waals surface area contributed by atoms with Gasteiger partial charge in [0.25, 0.3) is 0 Å². The Balaban J connectivity index is 0.937. The maximum Gasteiger partial charge on any atom is 0.146 e. The van der Waals surface area contributed by atoms with Gasteiger partial charge in [-0.2, -0.15) is 0 Å². The standard InChI is InChI=1S/C48H32N4/c1-2-10-38(11-3-1)51-45-16-8-5-13-42(45)49-47(51)32-20-18-31(19-21-32)33-22-23-35-29-36(25-24-34(35)28-33)37-26-27-39-40-12-4-7-15-44(40)52-46-17-9-6-14-43(46)50-48(52)41(39)30-37/h1-30,47,49H. The van der Waals surface area contributed by atoms with Gasteiger partial charge in [0.05, 0.1) is 27.9 Å². The van der Waals surface area contributed by atoms with Crippen LogP contribution in [0.3, 0.4) is 0 Å². The van der Waals surface area contributed by atoms with Crippen LogP contribution in [-0.2, 0) is 0 Å². The lowest BCUT2D eigenvalue weighted by Crippen LogP contribution is -2.23. The molecule has 1 N–H and O–H groups in total. The number of hydrogen-bond donors (Lipinski definition) is 1. The lowest BCUT2D eigenvalue weighted by atomic mass is 9.95. The van der Waals surface area contributed by atoms with Crippen LogP contribution in [0.1, 0.15) is 11.7 Å². The highest BCUT2D eigenvalue weighted by Gasteiger charge is 2.30. The van der Waals surface area contributed by atoms with E-state index in [4.69, 9.17) is 4.98 Å². The molecular weight excluding hydrogens is 633 g/mol. The fourth-order valence-electron chi connectivity index (χ4n) is 8.22. The molecule has 0 saturated heterocycles. The van der Waals surface area contributed by atoms with E-state index in [-0.39, 0.29) is 6.17 Å². The fraction of sp³-hybridized carbons (Fsp3) is 0.0208. The summed E-state index contributed by atoms with van der Waals surface area (Å²) in [6.07, 6.45) is 0.0151. The highest BCUT2D eigenvalue weighted by Crippen LogP contribution is 2.46. The quantitative estimate of drug-likeness (QED) is 0.190. The molecule has 2 aromatic heterocycles. The molecule has 0 amide bonds. The second-order valence-corrected chi connectivity index (χ2v) is 13.7. The summed E-state index contributed by atoms with van der Waals surface area (Å²) < 4.78 is 2.31. The molecule has 0 spiro atoms. The van der Waals surface area contributed by atoms with Gasteiger partial charge in [-0.1, -0.05) is 121 Å². The van der Waals surface area contributed by atoms with E-state index >= 15 is 0 Å². The van der Waals surface area contributed by atoms with Gasteiger partial charge < -0.3 is 10.2 Å². The van der Waals surface area contributed by atoms with E-state index < -0.39 is 0 Å². The Labute approximate surface area is 300 Å². The van der Waals surface area contributed by atoms with Gasteiger partial charge in [-0.15, -0.1) is 0 Å². The number of aromatic nitrogens is 2. The van der Waals surface area contributed by atoms with E-state index in [1.807, 2.05) is 0 Å². The summed E-state index contributed by atoms with van der Waals surface area (Å²) in [4.78, 5) is 7.51. The van der Waals surface area contributed by atoms with E-state index in [1.165, 1.54) is 66.3 Å². The summed E-state index contributed by atoms with van der Waals surface area (Å²) >= 11 is 0. The van der Waals surface area contributed by atoms with Crippen LogP contribution in [0.5, 0.6) is 0 Å². The molecule has 4 nitrogen and oxygen atoms in total. The SMILES string of the molecule is c1ccc(N2c3ccccc3NC2c2ccc(-c3ccc4cc(-c5ccc6c7ccccc7n7c8ccccc8nc7c6c5)ccc4c3)cc2)cc1. The summed E-state index contributed by atoms with van der Waals surface area (Å²) in [6.45, 7) is 0. The zero-order valence-electron chi connectivity index (χ0n) is 28.2. The number of anilines is 3. The van der Waals surface area contributed by atoms with Crippen molar-refractivity contribution in [2.75, 3.05) is 10.2 Å². The number of pyridine rings is 1. The molecule has 1 aliphatic heterocycles. The number of nitrogens with zero attached hydrogens (tertiary/aromatic N) is 3. The largest absolute Gasteiger partial charge is 0.359 e. The number of hydrogen-bond acceptors (Lipinski definition) is 3. The summed E-state index contributed by atoms with van der Waals surface area (Å²) in [5.74, 6) is 0. The van der Waals surface area contributed by atoms with Crippen molar-refractivity contribution in [3.05, 3.63) is 188 Å². The van der Waals surface area contributed by atoms with Crippen LogP contribution >= 0.6 is 0 Å². The van der Waals surface area contributed by atoms with E-state index in [0.717, 1.165) is 27.8 Å². The maximum absolute atomic E-state index is 5.13. The third-order valence-corrected chi connectivity index (χ3v) is 10.7. The Kier molecular flexibility index (Phi) is 6.28. The molecule has 1 atom stereocenters. The van der Waals surface area contributed by atoms with Crippen LogP contribution in [0.2, 0.25) is 0 Å². The van der Waals surface area contributed by atoms with Crippen LogP contribution in [0.25, 0.3) is 71.4 Å². The zero-order valence-corrected chi connectivity index (χ0v) is 28.2. The van der Waals surface area contributed by atoms with E-state index in [9.17, 15) is 0 Å². The normalized spacial score (nSPS) is 14.1. The molecule has 1 unspecified atom stereocenters. The van der Waals surface area contributed by atoms with Gasteiger partial charge in [-0.3, -0.25) is 4.40 Å². The van der Waals surface area contributed by atoms with Gasteiger partial charge in [0.15, 0.2) is 0 Å². The number of rotatable bonds is 4. The third kappa shape index (κ3) is 4.44. The van der Waals surface area contributed by atoms with E-state index in [2.05, 4.69) is 197 Å². The van der Waals surface area contributed by atoms with Gasteiger partial charge in [-0.25, -0.2) is 4.98 Å². The smallest absolute Gasteiger partial charge is 0.146 e. The fourth-order valence-corrected chi connectivity index (χ4v) is 8.22. The molecule has 10 aromatic rings. The Morgan fingerprint density at radius 1 is 0.462 bits per heavy atom. The van der Waals surface area contributed by atoms with Crippen LogP contribution in [0, 0.1) is 0 Å². The molecule has 52 heavy (non-hydrogen) atoms. The average molecular weight is 665 g/mol. The molecule has 0 saturated carbocycles. The molecule has 8 aromatic carbocycles. The number of imidazole rings is 1. The Morgan fingerprint density at radius 2 is 1.10 bits per heavy atom. The van der Waals surface area contributed by atoms with Gasteiger partial charge in [-0.05, 0) is 105 Å². The second-order valence-electron chi connectivity index (χ2n) is 13.7. The Morgan fingerprint density at radius 3 is 1.92 bits per heavy atom. The molecule has 0 bridgehead atoms. The Hall–Kier alpha value is -6.91. The van der Waals surface area contributed by atoms with Gasteiger partial charge >= 0.3 is 0 Å². The predicted molar refractivity (Wildman–Crippen MR) is 217 cm³/mol. The lowest BCUT2D eigenvalue weighted by Gasteiger charge is -2.27. The monoisotopic (exact) mass is 664 g/mol. The molecule has 3 heterocycles. The molecule has 11 rings (SSSR count). The predicted octanol–water partition coefficient (Wildman–Crippen LogP) is 12.5. The van der Waals surface area contributed by atoms with Crippen LogP contribution < -0.4 is 10.2 Å². The minimum atomic E-state index is 0.0151. The molecule has 4 heteroatoms.